The molecule has 5 nitrogen and oxygen atoms in total. The van der Waals surface area contributed by atoms with Gasteiger partial charge in [0.15, 0.2) is 0 Å². The van der Waals surface area contributed by atoms with Crippen molar-refractivity contribution in [2.75, 3.05) is 0 Å². The summed E-state index contributed by atoms with van der Waals surface area (Å²) in [6.45, 7) is 20.4. The van der Waals surface area contributed by atoms with Crippen LogP contribution in [0.25, 0.3) is 33.3 Å². The first kappa shape index (κ1) is 36.8. The first-order valence-electron chi connectivity index (χ1n) is 18.4. The van der Waals surface area contributed by atoms with Crippen LogP contribution in [0.4, 0.5) is 0 Å². The Kier molecular flexibility index (Phi) is 10.8. The monoisotopic (exact) mass is 857 g/mol. The molecule has 0 saturated carbocycles. The van der Waals surface area contributed by atoms with E-state index in [1.807, 2.05) is 12.3 Å². The Morgan fingerprint density at radius 2 is 1.67 bits per heavy atom. The Morgan fingerprint density at radius 1 is 0.882 bits per heavy atom. The van der Waals surface area contributed by atoms with Crippen molar-refractivity contribution in [1.82, 2.24) is 19.3 Å². The zero-order valence-corrected chi connectivity index (χ0v) is 33.7. The summed E-state index contributed by atoms with van der Waals surface area (Å²) < 4.78 is 11.1. The minimum absolute atomic E-state index is 0. The molecule has 0 fully saturated rings. The molecule has 3 aromatic heterocycles. The van der Waals surface area contributed by atoms with Crippen LogP contribution >= 0.6 is 0 Å². The molecule has 0 N–H and O–H groups in total. The number of aromatic nitrogens is 4. The summed E-state index contributed by atoms with van der Waals surface area (Å²) in [7, 11) is 0. The third kappa shape index (κ3) is 7.12. The molecule has 6 aromatic rings. The van der Waals surface area contributed by atoms with Crippen LogP contribution in [-0.2, 0) is 27.5 Å². The average molecular weight is 858 g/mol. The Labute approximate surface area is 318 Å². The molecular weight excluding hydrogens is 808 g/mol. The van der Waals surface area contributed by atoms with Crippen LogP contribution in [0.3, 0.4) is 0 Å². The van der Waals surface area contributed by atoms with Crippen LogP contribution < -0.4 is 4.74 Å². The summed E-state index contributed by atoms with van der Waals surface area (Å²) in [5, 5.41) is 7.50. The van der Waals surface area contributed by atoms with Gasteiger partial charge in [-0.2, -0.15) is 11.2 Å². The van der Waals surface area contributed by atoms with Gasteiger partial charge in [0.25, 0.3) is 0 Å². The minimum Gasteiger partial charge on any atom is -0.509 e. The summed E-state index contributed by atoms with van der Waals surface area (Å²) in [4.78, 5) is 4.84. The number of hydrogen-bond acceptors (Lipinski definition) is 3. The van der Waals surface area contributed by atoms with Crippen molar-refractivity contribution in [1.29, 1.82) is 0 Å². The van der Waals surface area contributed by atoms with Crippen LogP contribution in [0.1, 0.15) is 114 Å². The topological polar surface area (TPSA) is 44.9 Å². The van der Waals surface area contributed by atoms with Gasteiger partial charge in [-0.25, -0.2) is 4.98 Å². The number of hydrogen-bond donors (Lipinski definition) is 0. The summed E-state index contributed by atoms with van der Waals surface area (Å²) in [5.41, 5.74) is 10.6. The number of fused-ring (bicyclic) bond motifs is 3. The first-order chi connectivity index (χ1) is 24.0. The molecule has 0 radical (unpaired) electrons. The van der Waals surface area contributed by atoms with Crippen LogP contribution in [-0.4, -0.2) is 19.3 Å². The number of pyridine rings is 1. The van der Waals surface area contributed by atoms with Crippen LogP contribution in [0.2, 0.25) is 0 Å². The van der Waals surface area contributed by atoms with E-state index in [1.54, 1.807) is 0 Å². The van der Waals surface area contributed by atoms with E-state index in [2.05, 4.69) is 144 Å². The van der Waals surface area contributed by atoms with Gasteiger partial charge in [-0.05, 0) is 91.6 Å². The van der Waals surface area contributed by atoms with Gasteiger partial charge in [0.2, 0.25) is 0 Å². The van der Waals surface area contributed by atoms with E-state index < -0.39 is 0 Å². The van der Waals surface area contributed by atoms with Gasteiger partial charge in [0.05, 0.1) is 5.69 Å². The summed E-state index contributed by atoms with van der Waals surface area (Å²) in [6, 6.07) is 28.6. The molecule has 6 heteroatoms. The fraction of sp³-hybridized carbons (Fsp3) is 0.378. The molecular formula is C45H50N4OPt. The van der Waals surface area contributed by atoms with Gasteiger partial charge >= 0.3 is 21.1 Å². The van der Waals surface area contributed by atoms with E-state index in [1.165, 1.54) is 39.8 Å². The zero-order valence-electron chi connectivity index (χ0n) is 31.4. The summed E-state index contributed by atoms with van der Waals surface area (Å²) in [6.07, 6.45) is 7.71. The van der Waals surface area contributed by atoms with E-state index in [0.29, 0.717) is 41.1 Å². The predicted molar refractivity (Wildman–Crippen MR) is 206 cm³/mol. The summed E-state index contributed by atoms with van der Waals surface area (Å²) >= 11 is 0. The van der Waals surface area contributed by atoms with Gasteiger partial charge in [-0.15, -0.1) is 41.3 Å². The fourth-order valence-corrected chi connectivity index (χ4v) is 8.03. The number of aryl methyl sites for hydroxylation is 1. The molecule has 1 aliphatic carbocycles. The number of allylic oxidation sites excluding steroid dienone is 2. The van der Waals surface area contributed by atoms with E-state index in [9.17, 15) is 0 Å². The molecule has 1 unspecified atom stereocenters. The molecule has 0 saturated heterocycles. The van der Waals surface area contributed by atoms with Crippen molar-refractivity contribution in [3.63, 3.8) is 0 Å². The molecule has 2 atom stereocenters. The second kappa shape index (κ2) is 15.0. The Hall–Kier alpha value is -3.95. The number of rotatable bonds is 9. The maximum atomic E-state index is 6.70. The van der Waals surface area contributed by atoms with Gasteiger partial charge < -0.3 is 9.30 Å². The van der Waals surface area contributed by atoms with Gasteiger partial charge in [0.1, 0.15) is 5.82 Å². The van der Waals surface area contributed by atoms with Crippen LogP contribution in [0, 0.1) is 30.9 Å². The maximum absolute atomic E-state index is 6.70. The standard InChI is InChI=1S/C45H50N4O.Pt/c1-27(2)21-33-19-20-46-42(22-33)48-40-16-11-10-15-38(40)39-18-17-36(26-41(39)48)50-37-24-34(28(3)4)23-35(25-37)49-45(29(5)6)44(32(9)47-49)43-30(7)13-12-14-31(43)8;/h10-11,13,15-20,22-24,27-29,31,43H,12,14,21H2,1-9H3;/q-2;+2/t31-,43?;/m0./s1. The third-order valence-corrected chi connectivity index (χ3v) is 10.4. The van der Waals surface area contributed by atoms with Crippen molar-refractivity contribution < 1.29 is 25.8 Å². The molecule has 3 aromatic carbocycles. The van der Waals surface area contributed by atoms with Crippen molar-refractivity contribution in [2.45, 2.75) is 99.3 Å². The molecule has 51 heavy (non-hydrogen) atoms. The van der Waals surface area contributed by atoms with Crippen molar-refractivity contribution in [2.24, 2.45) is 11.8 Å². The first-order valence-corrected chi connectivity index (χ1v) is 18.4. The predicted octanol–water partition coefficient (Wildman–Crippen LogP) is 12.0. The van der Waals surface area contributed by atoms with E-state index >= 15 is 0 Å². The average Bonchev–Trinajstić information content (AvgIpc) is 3.59. The molecule has 0 spiro atoms. The normalized spacial score (nSPS) is 16.4. The Bertz CT molecular complexity index is 2220. The largest absolute Gasteiger partial charge is 2.00 e. The Morgan fingerprint density at radius 3 is 2.39 bits per heavy atom. The quantitative estimate of drug-likeness (QED) is 0.107. The van der Waals surface area contributed by atoms with E-state index in [-0.39, 0.29) is 21.1 Å². The molecule has 0 amide bonds. The van der Waals surface area contributed by atoms with E-state index in [0.717, 1.165) is 46.5 Å². The third-order valence-electron chi connectivity index (χ3n) is 10.4. The van der Waals surface area contributed by atoms with Gasteiger partial charge in [-0.1, -0.05) is 83.8 Å². The zero-order chi connectivity index (χ0) is 35.3. The van der Waals surface area contributed by atoms with Crippen molar-refractivity contribution in [3.8, 4) is 23.0 Å². The second-order valence-electron chi connectivity index (χ2n) is 15.4. The molecule has 266 valence electrons. The molecule has 3 heterocycles. The fourth-order valence-electron chi connectivity index (χ4n) is 8.03. The van der Waals surface area contributed by atoms with Crippen LogP contribution in [0.5, 0.6) is 11.5 Å². The van der Waals surface area contributed by atoms with Crippen molar-refractivity contribution in [3.05, 3.63) is 119 Å². The molecule has 0 bridgehead atoms. The molecule has 1 aliphatic rings. The maximum Gasteiger partial charge on any atom is 2.00 e. The number of benzene rings is 3. The number of ether oxygens (including phenoxy) is 1. The Balaban J connectivity index is 0.00000448. The minimum atomic E-state index is 0. The molecule has 7 rings (SSSR count). The van der Waals surface area contributed by atoms with Crippen LogP contribution in [0.15, 0.2) is 78.5 Å². The smallest absolute Gasteiger partial charge is 0.509 e. The summed E-state index contributed by atoms with van der Waals surface area (Å²) in [5.74, 6) is 4.30. The van der Waals surface area contributed by atoms with Crippen molar-refractivity contribution >= 4 is 21.8 Å². The second-order valence-corrected chi connectivity index (χ2v) is 15.4. The SMILES string of the molecule is CC1=CCC[C@H](C)C1c1c(C)nn(-c2[c-]c(Oc3[c-]c4c(cc3)c3ccccc3n4-c3cc(CC(C)C)ccn3)cc(C(C)C)c2)c1C(C)C.[Pt+2]. The van der Waals surface area contributed by atoms with Gasteiger partial charge in [-0.3, -0.25) is 4.68 Å². The molecule has 0 aliphatic heterocycles. The number of nitrogens with zero attached hydrogens (tertiary/aromatic N) is 4. The number of para-hydroxylation sites is 1. The van der Waals surface area contributed by atoms with E-state index in [4.69, 9.17) is 14.8 Å². The van der Waals surface area contributed by atoms with Gasteiger partial charge in [0, 0.05) is 40.4 Å².